The Balaban J connectivity index is 1.77. The zero-order valence-corrected chi connectivity index (χ0v) is 13.1. The zero-order valence-electron chi connectivity index (χ0n) is 12.4. The van der Waals surface area contributed by atoms with E-state index in [1.54, 1.807) is 36.1 Å². The molecule has 3 aromatic heterocycles. The lowest BCUT2D eigenvalue weighted by Gasteiger charge is -2.10. The fourth-order valence-corrected chi connectivity index (χ4v) is 2.31. The maximum atomic E-state index is 12.2. The van der Waals surface area contributed by atoms with Crippen LogP contribution in [0.3, 0.4) is 0 Å². The van der Waals surface area contributed by atoms with Gasteiger partial charge >= 0.3 is 6.18 Å². The third-order valence-electron chi connectivity index (χ3n) is 3.12. The highest BCUT2D eigenvalue weighted by Gasteiger charge is 2.29. The highest BCUT2D eigenvalue weighted by atomic mass is 35.5. The molecule has 24 heavy (non-hydrogen) atoms. The van der Waals surface area contributed by atoms with E-state index in [1.807, 2.05) is 0 Å². The Morgan fingerprint density at radius 2 is 2.08 bits per heavy atom. The number of aromatic nitrogens is 5. The summed E-state index contributed by atoms with van der Waals surface area (Å²) in [4.78, 5) is 3.97. The Morgan fingerprint density at radius 1 is 1.29 bits per heavy atom. The summed E-state index contributed by atoms with van der Waals surface area (Å²) in [7, 11) is 0. The van der Waals surface area contributed by atoms with Gasteiger partial charge in [0.25, 0.3) is 0 Å². The molecule has 0 N–H and O–H groups in total. The minimum Gasteiger partial charge on any atom is -0.467 e. The molecule has 0 aliphatic rings. The molecule has 0 saturated heterocycles. The molecule has 0 fully saturated rings. The SMILES string of the molecule is Cc1cc(Cn2cc3c(Cl)nccc3n2)nnc1OCC(F)(F)F. The summed E-state index contributed by atoms with van der Waals surface area (Å²) in [5.41, 5.74) is 1.68. The van der Waals surface area contributed by atoms with Gasteiger partial charge in [-0.2, -0.15) is 18.3 Å². The van der Waals surface area contributed by atoms with Gasteiger partial charge in [-0.15, -0.1) is 10.2 Å². The molecule has 0 unspecified atom stereocenters. The Bertz CT molecular complexity index is 880. The number of alkyl halides is 3. The molecule has 0 radical (unpaired) electrons. The predicted octanol–water partition coefficient (Wildman–Crippen LogP) is 3.17. The zero-order chi connectivity index (χ0) is 17.3. The summed E-state index contributed by atoms with van der Waals surface area (Å²) in [5.74, 6) is -0.144. The van der Waals surface area contributed by atoms with Crippen LogP contribution in [0, 0.1) is 6.92 Å². The van der Waals surface area contributed by atoms with Crippen LogP contribution in [-0.4, -0.2) is 37.7 Å². The monoisotopic (exact) mass is 357 g/mol. The summed E-state index contributed by atoms with van der Waals surface area (Å²) in [6.07, 6.45) is -1.15. The number of hydrogen-bond acceptors (Lipinski definition) is 5. The lowest BCUT2D eigenvalue weighted by Crippen LogP contribution is -2.20. The van der Waals surface area contributed by atoms with Gasteiger partial charge in [-0.05, 0) is 19.1 Å². The molecule has 126 valence electrons. The van der Waals surface area contributed by atoms with Crippen molar-refractivity contribution in [3.05, 3.63) is 40.9 Å². The van der Waals surface area contributed by atoms with Gasteiger partial charge in [-0.25, -0.2) is 4.98 Å². The first-order valence-corrected chi connectivity index (χ1v) is 7.20. The summed E-state index contributed by atoms with van der Waals surface area (Å²) in [6.45, 7) is 0.487. The Hall–Kier alpha value is -2.42. The molecular formula is C14H11ClF3N5O. The minimum absolute atomic E-state index is 0.144. The number of nitrogens with zero attached hydrogens (tertiary/aromatic N) is 5. The predicted molar refractivity (Wildman–Crippen MR) is 80.0 cm³/mol. The van der Waals surface area contributed by atoms with Gasteiger partial charge < -0.3 is 4.74 Å². The lowest BCUT2D eigenvalue weighted by molar-refractivity contribution is -0.154. The second-order valence-corrected chi connectivity index (χ2v) is 5.45. The van der Waals surface area contributed by atoms with E-state index in [0.717, 1.165) is 0 Å². The fraction of sp³-hybridized carbons (Fsp3) is 0.286. The van der Waals surface area contributed by atoms with Crippen molar-refractivity contribution in [1.29, 1.82) is 0 Å². The van der Waals surface area contributed by atoms with Gasteiger partial charge in [-0.3, -0.25) is 4.68 Å². The van der Waals surface area contributed by atoms with Crippen LogP contribution < -0.4 is 4.74 Å². The van der Waals surface area contributed by atoms with Crippen LogP contribution in [0.4, 0.5) is 13.2 Å². The molecule has 3 aromatic rings. The van der Waals surface area contributed by atoms with Gasteiger partial charge in [0.05, 0.1) is 23.1 Å². The van der Waals surface area contributed by atoms with Crippen LogP contribution in [0.2, 0.25) is 5.15 Å². The van der Waals surface area contributed by atoms with E-state index >= 15 is 0 Å². The van der Waals surface area contributed by atoms with E-state index < -0.39 is 12.8 Å². The maximum Gasteiger partial charge on any atom is 0.422 e. The molecule has 0 aliphatic heterocycles. The summed E-state index contributed by atoms with van der Waals surface area (Å²) in [6, 6.07) is 3.33. The molecule has 0 spiro atoms. The topological polar surface area (TPSA) is 65.7 Å². The number of pyridine rings is 1. The first-order chi connectivity index (χ1) is 11.3. The van der Waals surface area contributed by atoms with Crippen LogP contribution in [-0.2, 0) is 6.54 Å². The van der Waals surface area contributed by atoms with Gasteiger partial charge in [0.15, 0.2) is 6.61 Å². The highest BCUT2D eigenvalue weighted by molar-refractivity contribution is 6.34. The van der Waals surface area contributed by atoms with Crippen LogP contribution >= 0.6 is 11.6 Å². The largest absolute Gasteiger partial charge is 0.467 e. The number of rotatable bonds is 4. The number of hydrogen-bond donors (Lipinski definition) is 0. The number of halogens is 4. The number of aryl methyl sites for hydroxylation is 1. The molecular weight excluding hydrogens is 347 g/mol. The second-order valence-electron chi connectivity index (χ2n) is 5.09. The van der Waals surface area contributed by atoms with Crippen LogP contribution in [0.1, 0.15) is 11.3 Å². The van der Waals surface area contributed by atoms with Crippen LogP contribution in [0.25, 0.3) is 10.9 Å². The quantitative estimate of drug-likeness (QED) is 0.671. The molecule has 10 heteroatoms. The van der Waals surface area contributed by atoms with Crippen molar-refractivity contribution in [3.63, 3.8) is 0 Å². The summed E-state index contributed by atoms with van der Waals surface area (Å²) < 4.78 is 42.8. The van der Waals surface area contributed by atoms with Crippen molar-refractivity contribution < 1.29 is 17.9 Å². The normalized spacial score (nSPS) is 11.9. The van der Waals surface area contributed by atoms with Crippen LogP contribution in [0.5, 0.6) is 5.88 Å². The maximum absolute atomic E-state index is 12.2. The van der Waals surface area contributed by atoms with E-state index in [-0.39, 0.29) is 5.88 Å². The molecule has 0 atom stereocenters. The van der Waals surface area contributed by atoms with Crippen molar-refractivity contribution in [2.24, 2.45) is 0 Å². The van der Waals surface area contributed by atoms with Crippen molar-refractivity contribution in [2.45, 2.75) is 19.6 Å². The molecule has 3 heterocycles. The molecule has 0 aromatic carbocycles. The van der Waals surface area contributed by atoms with Crippen molar-refractivity contribution in [2.75, 3.05) is 6.61 Å². The summed E-state index contributed by atoms with van der Waals surface area (Å²) in [5, 5.41) is 13.0. The second kappa shape index (κ2) is 6.23. The highest BCUT2D eigenvalue weighted by Crippen LogP contribution is 2.21. The average Bonchev–Trinajstić information content (AvgIpc) is 2.89. The van der Waals surface area contributed by atoms with Gasteiger partial charge in [0, 0.05) is 18.0 Å². The molecule has 3 rings (SSSR count). The molecule has 0 saturated carbocycles. The molecule has 0 bridgehead atoms. The third kappa shape index (κ3) is 3.73. The molecule has 0 amide bonds. The van der Waals surface area contributed by atoms with Gasteiger partial charge in [-0.1, -0.05) is 11.6 Å². The van der Waals surface area contributed by atoms with E-state index in [1.165, 1.54) is 0 Å². The standard InChI is InChI=1S/C14H11ClF3N5O/c1-8-4-9(20-21-13(8)24-7-14(16,17)18)5-23-6-10-11(22-23)2-3-19-12(10)15/h2-4,6H,5,7H2,1H3. The summed E-state index contributed by atoms with van der Waals surface area (Å²) >= 11 is 5.99. The smallest absolute Gasteiger partial charge is 0.422 e. The molecule has 6 nitrogen and oxygen atoms in total. The first-order valence-electron chi connectivity index (χ1n) is 6.82. The van der Waals surface area contributed by atoms with Crippen molar-refractivity contribution in [1.82, 2.24) is 25.0 Å². The average molecular weight is 358 g/mol. The third-order valence-corrected chi connectivity index (χ3v) is 3.42. The Morgan fingerprint density at radius 3 is 2.75 bits per heavy atom. The van der Waals surface area contributed by atoms with Gasteiger partial charge in [0.2, 0.25) is 5.88 Å². The van der Waals surface area contributed by atoms with E-state index in [2.05, 4.69) is 25.0 Å². The van der Waals surface area contributed by atoms with E-state index in [4.69, 9.17) is 11.6 Å². The number of ether oxygens (including phenoxy) is 1. The first kappa shape index (κ1) is 16.4. The van der Waals surface area contributed by atoms with Crippen LogP contribution in [0.15, 0.2) is 24.5 Å². The molecule has 0 aliphatic carbocycles. The van der Waals surface area contributed by atoms with Crippen molar-refractivity contribution >= 4 is 22.5 Å². The fourth-order valence-electron chi connectivity index (χ4n) is 2.11. The van der Waals surface area contributed by atoms with Gasteiger partial charge in [0.1, 0.15) is 5.15 Å². The Labute approximate surface area is 139 Å². The van der Waals surface area contributed by atoms with E-state index in [0.29, 0.717) is 33.9 Å². The van der Waals surface area contributed by atoms with Crippen molar-refractivity contribution in [3.8, 4) is 5.88 Å². The Kier molecular flexibility index (Phi) is 4.27. The lowest BCUT2D eigenvalue weighted by atomic mass is 10.3. The minimum atomic E-state index is -4.42. The van der Waals surface area contributed by atoms with E-state index in [9.17, 15) is 13.2 Å². The number of fused-ring (bicyclic) bond motifs is 1.